The number of carbonyl (C=O) groups is 1. The third kappa shape index (κ3) is 3.39. The van der Waals surface area contributed by atoms with E-state index in [-0.39, 0.29) is 5.91 Å². The monoisotopic (exact) mass is 294 g/mol. The minimum absolute atomic E-state index is 0.0889. The van der Waals surface area contributed by atoms with Crippen molar-refractivity contribution < 1.29 is 19.0 Å². The molecule has 1 amide bonds. The highest BCUT2D eigenvalue weighted by molar-refractivity contribution is 5.88. The fraction of sp³-hybridized carbons (Fsp3) is 0.533. The lowest BCUT2D eigenvalue weighted by Crippen LogP contribution is -2.43. The van der Waals surface area contributed by atoms with Gasteiger partial charge in [0.1, 0.15) is 17.2 Å². The van der Waals surface area contributed by atoms with Gasteiger partial charge in [0, 0.05) is 24.2 Å². The molecule has 0 heterocycles. The second kappa shape index (κ2) is 6.22. The van der Waals surface area contributed by atoms with Crippen LogP contribution in [-0.4, -0.2) is 39.3 Å². The number of hydrogen-bond acceptors (Lipinski definition) is 5. The number of carbonyl (C=O) groups excluding carboxylic acids is 1. The molecule has 21 heavy (non-hydrogen) atoms. The topological polar surface area (TPSA) is 82.8 Å². The van der Waals surface area contributed by atoms with Crippen molar-refractivity contribution in [2.24, 2.45) is 5.73 Å². The molecule has 1 aromatic carbocycles. The highest BCUT2D eigenvalue weighted by Gasteiger charge is 2.45. The maximum Gasteiger partial charge on any atom is 0.240 e. The van der Waals surface area contributed by atoms with Crippen molar-refractivity contribution in [1.29, 1.82) is 0 Å². The summed E-state index contributed by atoms with van der Waals surface area (Å²) < 4.78 is 15.9. The first-order valence-electron chi connectivity index (χ1n) is 6.90. The molecule has 6 nitrogen and oxygen atoms in total. The Bertz CT molecular complexity index is 501. The van der Waals surface area contributed by atoms with E-state index in [9.17, 15) is 4.79 Å². The average molecular weight is 294 g/mol. The predicted octanol–water partition coefficient (Wildman–Crippen LogP) is 0.862. The molecule has 1 aromatic rings. The van der Waals surface area contributed by atoms with Gasteiger partial charge >= 0.3 is 0 Å². The second-order valence-corrected chi connectivity index (χ2v) is 5.17. The maximum atomic E-state index is 11.8. The first kappa shape index (κ1) is 15.4. The molecule has 3 N–H and O–H groups in total. The SMILES string of the molecule is COc1cc(OC)c(CCNC(=O)C2(N)CC2)c(OC)c1. The van der Waals surface area contributed by atoms with E-state index >= 15 is 0 Å². The number of methoxy groups -OCH3 is 3. The molecule has 1 aliphatic carbocycles. The third-order valence-electron chi connectivity index (χ3n) is 3.72. The van der Waals surface area contributed by atoms with Crippen LogP contribution in [-0.2, 0) is 11.2 Å². The molecule has 0 saturated heterocycles. The zero-order valence-corrected chi connectivity index (χ0v) is 12.7. The smallest absolute Gasteiger partial charge is 0.240 e. The molecule has 0 bridgehead atoms. The van der Waals surface area contributed by atoms with Gasteiger partial charge in [-0.1, -0.05) is 0 Å². The summed E-state index contributed by atoms with van der Waals surface area (Å²) in [5.41, 5.74) is 6.09. The molecular formula is C15H22N2O4. The zero-order chi connectivity index (χ0) is 15.5. The molecule has 6 heteroatoms. The van der Waals surface area contributed by atoms with Gasteiger partial charge in [-0.05, 0) is 19.3 Å². The molecule has 1 fully saturated rings. The van der Waals surface area contributed by atoms with Crippen molar-refractivity contribution in [3.05, 3.63) is 17.7 Å². The highest BCUT2D eigenvalue weighted by Crippen LogP contribution is 2.34. The Kier molecular flexibility index (Phi) is 4.57. The quantitative estimate of drug-likeness (QED) is 0.779. The van der Waals surface area contributed by atoms with E-state index in [0.717, 1.165) is 18.4 Å². The Morgan fingerprint density at radius 2 is 1.76 bits per heavy atom. The number of nitrogens with two attached hydrogens (primary N) is 1. The Morgan fingerprint density at radius 3 is 2.19 bits per heavy atom. The summed E-state index contributed by atoms with van der Waals surface area (Å²) in [6.07, 6.45) is 2.11. The van der Waals surface area contributed by atoms with Gasteiger partial charge in [-0.25, -0.2) is 0 Å². The molecule has 1 saturated carbocycles. The summed E-state index contributed by atoms with van der Waals surface area (Å²) in [5.74, 6) is 1.92. The van der Waals surface area contributed by atoms with Gasteiger partial charge in [0.2, 0.25) is 5.91 Å². The first-order valence-corrected chi connectivity index (χ1v) is 6.90. The van der Waals surface area contributed by atoms with Gasteiger partial charge in [-0.2, -0.15) is 0 Å². The largest absolute Gasteiger partial charge is 0.496 e. The molecule has 0 aromatic heterocycles. The minimum Gasteiger partial charge on any atom is -0.496 e. The third-order valence-corrected chi connectivity index (χ3v) is 3.72. The Labute approximate surface area is 124 Å². The van der Waals surface area contributed by atoms with Gasteiger partial charge in [0.15, 0.2) is 0 Å². The number of nitrogens with one attached hydrogen (secondary N) is 1. The van der Waals surface area contributed by atoms with E-state index in [0.29, 0.717) is 30.2 Å². The van der Waals surface area contributed by atoms with Crippen molar-refractivity contribution in [3.63, 3.8) is 0 Å². The summed E-state index contributed by atoms with van der Waals surface area (Å²) in [4.78, 5) is 11.8. The van der Waals surface area contributed by atoms with E-state index < -0.39 is 5.54 Å². The fourth-order valence-corrected chi connectivity index (χ4v) is 2.16. The zero-order valence-electron chi connectivity index (χ0n) is 12.7. The van der Waals surface area contributed by atoms with Crippen LogP contribution in [0.1, 0.15) is 18.4 Å². The van der Waals surface area contributed by atoms with Gasteiger partial charge in [-0.3, -0.25) is 4.79 Å². The van der Waals surface area contributed by atoms with Crippen LogP contribution in [0.5, 0.6) is 17.2 Å². The molecule has 0 radical (unpaired) electrons. The van der Waals surface area contributed by atoms with Gasteiger partial charge < -0.3 is 25.3 Å². The minimum atomic E-state index is -0.645. The van der Waals surface area contributed by atoms with E-state index in [2.05, 4.69) is 5.32 Å². The maximum absolute atomic E-state index is 11.8. The highest BCUT2D eigenvalue weighted by atomic mass is 16.5. The molecule has 0 unspecified atom stereocenters. The molecule has 1 aliphatic rings. The van der Waals surface area contributed by atoms with Gasteiger partial charge in [0.25, 0.3) is 0 Å². The van der Waals surface area contributed by atoms with Crippen molar-refractivity contribution in [2.45, 2.75) is 24.8 Å². The van der Waals surface area contributed by atoms with Crippen LogP contribution in [0, 0.1) is 0 Å². The Hall–Kier alpha value is -1.95. The van der Waals surface area contributed by atoms with Crippen LogP contribution in [0.2, 0.25) is 0 Å². The first-order chi connectivity index (χ1) is 10.0. The number of rotatable bonds is 7. The number of amides is 1. The second-order valence-electron chi connectivity index (χ2n) is 5.17. The number of hydrogen-bond donors (Lipinski definition) is 2. The fourth-order valence-electron chi connectivity index (χ4n) is 2.16. The van der Waals surface area contributed by atoms with E-state index in [1.54, 1.807) is 33.5 Å². The van der Waals surface area contributed by atoms with E-state index in [4.69, 9.17) is 19.9 Å². The lowest BCUT2D eigenvalue weighted by atomic mass is 10.1. The normalized spacial score (nSPS) is 15.2. The standard InChI is InChI=1S/C15H22N2O4/c1-19-10-8-12(20-2)11(13(9-10)21-3)4-7-17-14(18)15(16)5-6-15/h8-9H,4-7,16H2,1-3H3,(H,17,18). The summed E-state index contributed by atoms with van der Waals surface area (Å²) in [6.45, 7) is 0.483. The molecule has 2 rings (SSSR count). The average Bonchev–Trinajstić information content (AvgIpc) is 3.25. The van der Waals surface area contributed by atoms with Gasteiger partial charge in [0.05, 0.1) is 26.9 Å². The number of benzene rings is 1. The van der Waals surface area contributed by atoms with Crippen molar-refractivity contribution >= 4 is 5.91 Å². The molecule has 0 atom stereocenters. The summed E-state index contributed by atoms with van der Waals surface area (Å²) >= 11 is 0. The van der Waals surface area contributed by atoms with Crippen molar-refractivity contribution in [2.75, 3.05) is 27.9 Å². The Balaban J connectivity index is 2.05. The van der Waals surface area contributed by atoms with Gasteiger partial charge in [-0.15, -0.1) is 0 Å². The van der Waals surface area contributed by atoms with Crippen LogP contribution in [0.25, 0.3) is 0 Å². The van der Waals surface area contributed by atoms with Crippen LogP contribution >= 0.6 is 0 Å². The van der Waals surface area contributed by atoms with E-state index in [1.807, 2.05) is 0 Å². The molecule has 116 valence electrons. The van der Waals surface area contributed by atoms with Crippen LogP contribution < -0.4 is 25.3 Å². The van der Waals surface area contributed by atoms with Crippen LogP contribution in [0.15, 0.2) is 12.1 Å². The molecular weight excluding hydrogens is 272 g/mol. The van der Waals surface area contributed by atoms with Crippen molar-refractivity contribution in [3.8, 4) is 17.2 Å². The summed E-state index contributed by atoms with van der Waals surface area (Å²) in [5, 5.41) is 2.86. The lowest BCUT2D eigenvalue weighted by molar-refractivity contribution is -0.123. The predicted molar refractivity (Wildman–Crippen MR) is 79.0 cm³/mol. The summed E-state index contributed by atoms with van der Waals surface area (Å²) in [7, 11) is 4.77. The van der Waals surface area contributed by atoms with Crippen LogP contribution in [0.3, 0.4) is 0 Å². The van der Waals surface area contributed by atoms with Crippen LogP contribution in [0.4, 0.5) is 0 Å². The molecule has 0 aliphatic heterocycles. The number of ether oxygens (including phenoxy) is 3. The Morgan fingerprint density at radius 1 is 1.19 bits per heavy atom. The summed E-state index contributed by atoms with van der Waals surface area (Å²) in [6, 6.07) is 3.59. The van der Waals surface area contributed by atoms with E-state index in [1.165, 1.54) is 0 Å². The lowest BCUT2D eigenvalue weighted by Gasteiger charge is -2.16. The molecule has 0 spiro atoms. The van der Waals surface area contributed by atoms with Crippen molar-refractivity contribution in [1.82, 2.24) is 5.32 Å².